The first-order chi connectivity index (χ1) is 16.4. The molecule has 3 heterocycles. The van der Waals surface area contributed by atoms with Crippen LogP contribution >= 0.6 is 23.4 Å². The number of fused-ring (bicyclic) bond motifs is 2. The number of rotatable bonds is 5. The molecule has 2 unspecified atom stereocenters. The van der Waals surface area contributed by atoms with Gasteiger partial charge in [0.1, 0.15) is 5.75 Å². The summed E-state index contributed by atoms with van der Waals surface area (Å²) in [4.78, 5) is 31.1. The van der Waals surface area contributed by atoms with E-state index in [4.69, 9.17) is 16.3 Å². The van der Waals surface area contributed by atoms with Gasteiger partial charge >= 0.3 is 0 Å². The number of nitrogens with zero attached hydrogens (tertiary/aromatic N) is 1. The lowest BCUT2D eigenvalue weighted by Crippen LogP contribution is -2.55. The van der Waals surface area contributed by atoms with Gasteiger partial charge < -0.3 is 20.5 Å². The molecule has 2 aliphatic heterocycles. The summed E-state index contributed by atoms with van der Waals surface area (Å²) >= 11 is 7.84. The number of aromatic nitrogens is 1. The predicted octanol–water partition coefficient (Wildman–Crippen LogP) is 3.53. The molecule has 0 spiro atoms. The molecule has 2 atom stereocenters. The number of aliphatic hydroxyl groups is 1. The zero-order valence-electron chi connectivity index (χ0n) is 18.3. The van der Waals surface area contributed by atoms with Crippen molar-refractivity contribution in [1.82, 2.24) is 10.3 Å². The second-order valence-corrected chi connectivity index (χ2v) is 10.2. The summed E-state index contributed by atoms with van der Waals surface area (Å²) in [5.41, 5.74) is -1.39. The van der Waals surface area contributed by atoms with Crippen LogP contribution in [0.1, 0.15) is 18.4 Å². The Balaban J connectivity index is 1.51. The maximum atomic E-state index is 14.0. The lowest BCUT2D eigenvalue weighted by Gasteiger charge is -2.38. The van der Waals surface area contributed by atoms with E-state index >= 15 is 0 Å². The van der Waals surface area contributed by atoms with Crippen molar-refractivity contribution in [3.05, 3.63) is 65.4 Å². The van der Waals surface area contributed by atoms with Gasteiger partial charge in [0.15, 0.2) is 5.60 Å². The van der Waals surface area contributed by atoms with Gasteiger partial charge in [-0.1, -0.05) is 35.9 Å². The van der Waals surface area contributed by atoms with Crippen LogP contribution < -0.4 is 15.4 Å². The number of thioether (sulfide) groups is 1. The minimum absolute atomic E-state index is 0.000456. The Kier molecular flexibility index (Phi) is 6.14. The Labute approximate surface area is 206 Å². The summed E-state index contributed by atoms with van der Waals surface area (Å²) in [6.07, 6.45) is 4.07. The van der Waals surface area contributed by atoms with E-state index < -0.39 is 16.9 Å². The van der Waals surface area contributed by atoms with Gasteiger partial charge in [-0.3, -0.25) is 14.6 Å². The number of benzene rings is 2. The zero-order chi connectivity index (χ0) is 23.8. The molecule has 9 heteroatoms. The van der Waals surface area contributed by atoms with Crippen LogP contribution in [-0.4, -0.2) is 52.2 Å². The summed E-state index contributed by atoms with van der Waals surface area (Å²) in [7, 11) is 0. The molecular formula is C25H24ClN3O4S. The van der Waals surface area contributed by atoms with Crippen molar-refractivity contribution in [3.8, 4) is 5.75 Å². The number of nitrogens with one attached hydrogen (secondary N) is 2. The van der Waals surface area contributed by atoms with Gasteiger partial charge in [0, 0.05) is 46.3 Å². The third-order valence-corrected chi connectivity index (χ3v) is 7.98. The highest BCUT2D eigenvalue weighted by Crippen LogP contribution is 2.41. The highest BCUT2D eigenvalue weighted by atomic mass is 35.5. The summed E-state index contributed by atoms with van der Waals surface area (Å²) in [6, 6.07) is 12.8. The Morgan fingerprint density at radius 3 is 2.82 bits per heavy atom. The van der Waals surface area contributed by atoms with E-state index in [9.17, 15) is 14.7 Å². The minimum Gasteiger partial charge on any atom is -0.493 e. The Bertz CT molecular complexity index is 1260. The molecule has 1 saturated heterocycles. The molecule has 3 aromatic rings. The number of ether oxygens (including phenoxy) is 1. The van der Waals surface area contributed by atoms with E-state index in [0.717, 1.165) is 16.5 Å². The fourth-order valence-corrected chi connectivity index (χ4v) is 5.97. The summed E-state index contributed by atoms with van der Waals surface area (Å²) in [5, 5.41) is 18.8. The maximum absolute atomic E-state index is 14.0. The molecule has 0 radical (unpaired) electrons. The molecule has 34 heavy (non-hydrogen) atoms. The lowest BCUT2D eigenvalue weighted by atomic mass is 9.74. The predicted molar refractivity (Wildman–Crippen MR) is 134 cm³/mol. The fraction of sp³-hybridized carbons (Fsp3) is 0.320. The van der Waals surface area contributed by atoms with Gasteiger partial charge in [0.05, 0.1) is 23.9 Å². The number of anilines is 1. The second kappa shape index (κ2) is 9.09. The van der Waals surface area contributed by atoms with Crippen molar-refractivity contribution in [2.24, 2.45) is 0 Å². The number of hydrogen-bond donors (Lipinski definition) is 3. The van der Waals surface area contributed by atoms with Crippen LogP contribution in [0.25, 0.3) is 10.8 Å². The number of hydrogen-bond acceptors (Lipinski definition) is 6. The van der Waals surface area contributed by atoms with Crippen molar-refractivity contribution in [2.75, 3.05) is 30.0 Å². The standard InChI is InChI=1S/C25H24ClN3O4S/c26-17-5-6-21-19(11-17)24(7-9-33-21,14-28-23(31)25(32)8-10-34-15-25)22(30)29-20-13-27-12-16-3-1-2-4-18(16)20/h1-6,11-13,32H,7-10,14-15H2,(H,28,31)(H,29,30). The average molecular weight is 498 g/mol. The van der Waals surface area contributed by atoms with E-state index in [1.54, 1.807) is 30.6 Å². The number of carbonyl (C=O) groups excluding carboxylic acids is 2. The molecule has 7 nitrogen and oxygen atoms in total. The van der Waals surface area contributed by atoms with Crippen LogP contribution in [0.5, 0.6) is 5.75 Å². The van der Waals surface area contributed by atoms with Crippen molar-refractivity contribution in [2.45, 2.75) is 23.9 Å². The van der Waals surface area contributed by atoms with Gasteiger partial charge in [-0.15, -0.1) is 0 Å². The van der Waals surface area contributed by atoms with Gasteiger partial charge in [-0.05, 0) is 30.4 Å². The van der Waals surface area contributed by atoms with E-state index in [2.05, 4.69) is 15.6 Å². The van der Waals surface area contributed by atoms with E-state index in [1.807, 2.05) is 24.3 Å². The number of halogens is 1. The van der Waals surface area contributed by atoms with Crippen molar-refractivity contribution >= 4 is 51.6 Å². The molecule has 0 bridgehead atoms. The second-order valence-electron chi connectivity index (χ2n) is 8.70. The smallest absolute Gasteiger partial charge is 0.252 e. The minimum atomic E-state index is -1.43. The van der Waals surface area contributed by atoms with Gasteiger partial charge in [-0.25, -0.2) is 0 Å². The van der Waals surface area contributed by atoms with Crippen molar-refractivity contribution < 1.29 is 19.4 Å². The van der Waals surface area contributed by atoms with Gasteiger partial charge in [-0.2, -0.15) is 11.8 Å². The monoisotopic (exact) mass is 497 g/mol. The molecule has 2 aromatic carbocycles. The molecule has 0 saturated carbocycles. The normalized spacial score (nSPS) is 23.7. The van der Waals surface area contributed by atoms with Crippen LogP contribution in [0.15, 0.2) is 54.9 Å². The molecular weight excluding hydrogens is 474 g/mol. The molecule has 2 aliphatic rings. The van der Waals surface area contributed by atoms with Crippen molar-refractivity contribution in [1.29, 1.82) is 0 Å². The van der Waals surface area contributed by atoms with Crippen LogP contribution in [0.4, 0.5) is 5.69 Å². The molecule has 3 N–H and O–H groups in total. The van der Waals surface area contributed by atoms with Crippen LogP contribution in [0, 0.1) is 0 Å². The molecule has 5 rings (SSSR count). The first-order valence-corrected chi connectivity index (χ1v) is 12.6. The largest absolute Gasteiger partial charge is 0.493 e. The van der Waals surface area contributed by atoms with Crippen molar-refractivity contribution in [3.63, 3.8) is 0 Å². The lowest BCUT2D eigenvalue weighted by molar-refractivity contribution is -0.138. The number of pyridine rings is 1. The number of amides is 2. The fourth-order valence-electron chi connectivity index (χ4n) is 4.56. The Morgan fingerprint density at radius 2 is 2.00 bits per heavy atom. The van der Waals surface area contributed by atoms with Crippen LogP contribution in [-0.2, 0) is 15.0 Å². The summed E-state index contributed by atoms with van der Waals surface area (Å²) in [6.45, 7) is 0.297. The SMILES string of the molecule is O=C(NCC1(C(=O)Nc2cncc3ccccc23)CCOc2ccc(Cl)cc21)C1(O)CCSC1. The Morgan fingerprint density at radius 1 is 1.15 bits per heavy atom. The molecule has 1 fully saturated rings. The molecule has 0 aliphatic carbocycles. The third kappa shape index (κ3) is 4.10. The third-order valence-electron chi connectivity index (χ3n) is 6.57. The highest BCUT2D eigenvalue weighted by molar-refractivity contribution is 7.99. The van der Waals surface area contributed by atoms with Gasteiger partial charge in [0.25, 0.3) is 5.91 Å². The van der Waals surface area contributed by atoms with Crippen LogP contribution in [0.3, 0.4) is 0 Å². The van der Waals surface area contributed by atoms with E-state index in [0.29, 0.717) is 47.2 Å². The Hall–Kier alpha value is -2.81. The quantitative estimate of drug-likeness (QED) is 0.498. The van der Waals surface area contributed by atoms with E-state index in [-0.39, 0.29) is 12.5 Å². The summed E-state index contributed by atoms with van der Waals surface area (Å²) in [5.74, 6) is 0.838. The first kappa shape index (κ1) is 23.0. The summed E-state index contributed by atoms with van der Waals surface area (Å²) < 4.78 is 5.81. The molecule has 2 amide bonds. The molecule has 1 aromatic heterocycles. The van der Waals surface area contributed by atoms with Crippen LogP contribution in [0.2, 0.25) is 5.02 Å². The van der Waals surface area contributed by atoms with E-state index in [1.165, 1.54) is 11.8 Å². The first-order valence-electron chi connectivity index (χ1n) is 11.1. The topological polar surface area (TPSA) is 101 Å². The zero-order valence-corrected chi connectivity index (χ0v) is 19.9. The highest BCUT2D eigenvalue weighted by Gasteiger charge is 2.47. The number of carbonyl (C=O) groups is 2. The van der Waals surface area contributed by atoms with Gasteiger partial charge in [0.2, 0.25) is 5.91 Å². The molecule has 176 valence electrons. The average Bonchev–Trinajstić information content (AvgIpc) is 3.30. The maximum Gasteiger partial charge on any atom is 0.252 e.